The van der Waals surface area contributed by atoms with Crippen molar-refractivity contribution >= 4 is 45.1 Å². The van der Waals surface area contributed by atoms with Crippen molar-refractivity contribution in [2.45, 2.75) is 45.3 Å². The molecule has 7 nitrogen and oxygen atoms in total. The van der Waals surface area contributed by atoms with Crippen molar-refractivity contribution in [3.63, 3.8) is 0 Å². The molecular formula is C19H22BrClN2O5. The van der Waals surface area contributed by atoms with Gasteiger partial charge in [0.2, 0.25) is 0 Å². The van der Waals surface area contributed by atoms with Gasteiger partial charge in [0.15, 0.2) is 11.9 Å². The average molecular weight is 474 g/mol. The molecule has 1 aromatic rings. The van der Waals surface area contributed by atoms with Crippen LogP contribution in [0.15, 0.2) is 21.8 Å². The van der Waals surface area contributed by atoms with E-state index < -0.39 is 23.7 Å². The second kappa shape index (κ2) is 7.91. The van der Waals surface area contributed by atoms with Crippen molar-refractivity contribution in [2.75, 3.05) is 13.1 Å². The number of hydrogen-bond acceptors (Lipinski definition) is 6. The van der Waals surface area contributed by atoms with E-state index in [0.717, 1.165) is 5.56 Å². The summed E-state index contributed by atoms with van der Waals surface area (Å²) in [5.41, 5.74) is 0.547. The number of Topliss-reactive ketones (excluding diaryl/α,β-unsaturated/α-hetero) is 1. The van der Waals surface area contributed by atoms with Gasteiger partial charge in [0, 0.05) is 36.5 Å². The molecule has 3 rings (SSSR count). The van der Waals surface area contributed by atoms with Gasteiger partial charge < -0.3 is 19.6 Å². The first-order valence-corrected chi connectivity index (χ1v) is 10.1. The fourth-order valence-electron chi connectivity index (χ4n) is 3.37. The van der Waals surface area contributed by atoms with Gasteiger partial charge in [-0.15, -0.1) is 0 Å². The summed E-state index contributed by atoms with van der Waals surface area (Å²) in [6, 6.07) is 3.47. The molecule has 0 saturated carbocycles. The summed E-state index contributed by atoms with van der Waals surface area (Å²) in [4.78, 5) is 27.0. The number of nitrogens with zero attached hydrogens (tertiary/aromatic N) is 2. The van der Waals surface area contributed by atoms with Crippen LogP contribution in [0.2, 0.25) is 5.02 Å². The molecule has 2 aliphatic rings. The minimum atomic E-state index is -0.750. The van der Waals surface area contributed by atoms with E-state index in [9.17, 15) is 14.8 Å². The van der Waals surface area contributed by atoms with E-state index in [-0.39, 0.29) is 12.3 Å². The van der Waals surface area contributed by atoms with Crippen LogP contribution in [0.5, 0.6) is 5.75 Å². The minimum Gasteiger partial charge on any atom is -0.481 e. The van der Waals surface area contributed by atoms with Crippen molar-refractivity contribution in [3.8, 4) is 5.75 Å². The highest BCUT2D eigenvalue weighted by atomic mass is 79.9. The number of rotatable bonds is 2. The molecule has 1 saturated heterocycles. The molecule has 1 fully saturated rings. The highest BCUT2D eigenvalue weighted by Crippen LogP contribution is 2.39. The summed E-state index contributed by atoms with van der Waals surface area (Å²) in [6.07, 6.45) is -0.561. The third kappa shape index (κ3) is 4.43. The van der Waals surface area contributed by atoms with Crippen molar-refractivity contribution in [1.82, 2.24) is 4.90 Å². The maximum atomic E-state index is 13.1. The Balaban J connectivity index is 1.76. The quantitative estimate of drug-likeness (QED) is 0.517. The average Bonchev–Trinajstić information content (AvgIpc) is 3.03. The van der Waals surface area contributed by atoms with Gasteiger partial charge in [-0.1, -0.05) is 16.8 Å². The Morgan fingerprint density at radius 2 is 2.11 bits per heavy atom. The number of fused-ring (bicyclic) bond motifs is 1. The van der Waals surface area contributed by atoms with Crippen LogP contribution in [0.3, 0.4) is 0 Å². The molecular weight excluding hydrogens is 452 g/mol. The first kappa shape index (κ1) is 20.9. The fourth-order valence-corrected chi connectivity index (χ4v) is 4.34. The zero-order chi connectivity index (χ0) is 20.6. The lowest BCUT2D eigenvalue weighted by Gasteiger charge is -2.34. The van der Waals surface area contributed by atoms with Crippen LogP contribution < -0.4 is 4.74 Å². The number of halogens is 2. The van der Waals surface area contributed by atoms with E-state index >= 15 is 0 Å². The maximum absolute atomic E-state index is 13.1. The number of oxime groups is 1. The molecule has 152 valence electrons. The lowest BCUT2D eigenvalue weighted by molar-refractivity contribution is -0.127. The Kier molecular flexibility index (Phi) is 5.91. The largest absolute Gasteiger partial charge is 0.481 e. The summed E-state index contributed by atoms with van der Waals surface area (Å²) >= 11 is 9.48. The van der Waals surface area contributed by atoms with Crippen molar-refractivity contribution < 1.29 is 24.3 Å². The molecule has 0 spiro atoms. The monoisotopic (exact) mass is 472 g/mol. The molecule has 2 unspecified atom stereocenters. The predicted octanol–water partition coefficient (Wildman–Crippen LogP) is 4.06. The molecule has 28 heavy (non-hydrogen) atoms. The number of hydrogen-bond donors (Lipinski definition) is 1. The van der Waals surface area contributed by atoms with Gasteiger partial charge in [0.05, 0.1) is 16.1 Å². The SMILES string of the molecule is CC(C)(C)OC(=O)N1CC/C(=N/O)C(C(=O)C2Cc3cc(Cl)cc(Br)c3O2)C1. The van der Waals surface area contributed by atoms with Gasteiger partial charge >= 0.3 is 6.09 Å². The van der Waals surface area contributed by atoms with Crippen LogP contribution in [0.1, 0.15) is 32.8 Å². The Hall–Kier alpha value is -1.80. The summed E-state index contributed by atoms with van der Waals surface area (Å²) in [5, 5.41) is 13.2. The van der Waals surface area contributed by atoms with E-state index in [1.54, 1.807) is 32.9 Å². The van der Waals surface area contributed by atoms with Crippen LogP contribution in [-0.2, 0) is 16.0 Å². The Morgan fingerprint density at radius 1 is 1.39 bits per heavy atom. The number of piperidine rings is 1. The van der Waals surface area contributed by atoms with Crippen molar-refractivity contribution in [2.24, 2.45) is 11.1 Å². The molecule has 1 amide bonds. The number of benzene rings is 1. The minimum absolute atomic E-state index is 0.0886. The van der Waals surface area contributed by atoms with Gasteiger partial charge in [0.25, 0.3) is 0 Å². The van der Waals surface area contributed by atoms with Gasteiger partial charge in [-0.05, 0) is 48.8 Å². The first-order chi connectivity index (χ1) is 13.1. The molecule has 2 atom stereocenters. The number of likely N-dealkylation sites (tertiary alicyclic amines) is 1. The maximum Gasteiger partial charge on any atom is 0.410 e. The normalized spacial score (nSPS) is 23.3. The van der Waals surface area contributed by atoms with Gasteiger partial charge in [-0.25, -0.2) is 4.79 Å². The topological polar surface area (TPSA) is 88.4 Å². The molecule has 0 aliphatic carbocycles. The lowest BCUT2D eigenvalue weighted by Crippen LogP contribution is -2.50. The number of ketones is 1. The van der Waals surface area contributed by atoms with Crippen molar-refractivity contribution in [3.05, 3.63) is 27.2 Å². The summed E-state index contributed by atoms with van der Waals surface area (Å²) < 4.78 is 11.9. The Morgan fingerprint density at radius 3 is 2.75 bits per heavy atom. The lowest BCUT2D eigenvalue weighted by atomic mass is 9.88. The van der Waals surface area contributed by atoms with E-state index in [0.29, 0.717) is 40.3 Å². The van der Waals surface area contributed by atoms with Gasteiger partial charge in [-0.2, -0.15) is 0 Å². The first-order valence-electron chi connectivity index (χ1n) is 8.96. The van der Waals surface area contributed by atoms with Crippen LogP contribution in [-0.4, -0.2) is 52.5 Å². The third-order valence-corrected chi connectivity index (χ3v) is 5.44. The zero-order valence-corrected chi connectivity index (χ0v) is 18.2. The van der Waals surface area contributed by atoms with Crippen molar-refractivity contribution in [1.29, 1.82) is 0 Å². The summed E-state index contributed by atoms with van der Waals surface area (Å²) in [5.74, 6) is -0.398. The van der Waals surface area contributed by atoms with E-state index in [2.05, 4.69) is 21.1 Å². The Bertz CT molecular complexity index is 836. The molecule has 0 radical (unpaired) electrons. The molecule has 1 N–H and O–H groups in total. The second-order valence-corrected chi connectivity index (χ2v) is 9.20. The number of amides is 1. The highest BCUT2D eigenvalue weighted by Gasteiger charge is 2.41. The molecule has 2 aliphatic heterocycles. The summed E-state index contributed by atoms with van der Waals surface area (Å²) in [6.45, 7) is 5.76. The summed E-state index contributed by atoms with van der Waals surface area (Å²) in [7, 11) is 0. The fraction of sp³-hybridized carbons (Fsp3) is 0.526. The number of ether oxygens (including phenoxy) is 2. The predicted molar refractivity (Wildman–Crippen MR) is 107 cm³/mol. The molecule has 9 heteroatoms. The molecule has 0 bridgehead atoms. The highest BCUT2D eigenvalue weighted by molar-refractivity contribution is 9.10. The van der Waals surface area contributed by atoms with E-state index in [1.165, 1.54) is 4.90 Å². The standard InChI is InChI=1S/C19H22BrClN2O5/c1-19(2,3)28-18(25)23-5-4-14(22-26)12(9-23)16(24)15-7-10-6-11(21)8-13(20)17(10)27-15/h6,8,12,15,26H,4-5,7,9H2,1-3H3/b22-14-. The van der Waals surface area contributed by atoms with Gasteiger partial charge in [-0.3, -0.25) is 4.79 Å². The van der Waals surface area contributed by atoms with Crippen LogP contribution in [0.4, 0.5) is 4.79 Å². The second-order valence-electron chi connectivity index (χ2n) is 7.91. The van der Waals surface area contributed by atoms with Crippen LogP contribution in [0.25, 0.3) is 0 Å². The third-order valence-electron chi connectivity index (χ3n) is 4.63. The zero-order valence-electron chi connectivity index (χ0n) is 15.9. The molecule has 0 aromatic heterocycles. The number of carbonyl (C=O) groups is 2. The van der Waals surface area contributed by atoms with Gasteiger partial charge in [0.1, 0.15) is 11.4 Å². The van der Waals surface area contributed by atoms with E-state index in [4.69, 9.17) is 21.1 Å². The van der Waals surface area contributed by atoms with E-state index in [1.807, 2.05) is 0 Å². The Labute approximate surface area is 176 Å². The number of carbonyl (C=O) groups excluding carboxylic acids is 2. The molecule has 2 heterocycles. The smallest absolute Gasteiger partial charge is 0.410 e. The van der Waals surface area contributed by atoms with Crippen LogP contribution >= 0.6 is 27.5 Å². The van der Waals surface area contributed by atoms with Crippen LogP contribution in [0, 0.1) is 5.92 Å². The molecule has 1 aromatic carbocycles.